The van der Waals surface area contributed by atoms with Gasteiger partial charge in [-0.15, -0.1) is 0 Å². The molecule has 0 spiro atoms. The number of carbonyl (C=O) groups excluding carboxylic acids is 1. The van der Waals surface area contributed by atoms with Crippen LogP contribution in [0.2, 0.25) is 0 Å². The molecule has 218 valence electrons. The van der Waals surface area contributed by atoms with Gasteiger partial charge >= 0.3 is 13.8 Å². The van der Waals surface area contributed by atoms with E-state index in [-0.39, 0.29) is 38.7 Å². The second-order valence-electron chi connectivity index (χ2n) is 8.59. The molecule has 3 rings (SSSR count). The molecule has 0 saturated heterocycles. The number of halogens is 1. The van der Waals surface area contributed by atoms with Crippen molar-refractivity contribution in [1.29, 1.82) is 0 Å². The third-order valence-corrected chi connectivity index (χ3v) is 8.51. The van der Waals surface area contributed by atoms with Gasteiger partial charge < -0.3 is 4.74 Å². The topological polar surface area (TPSA) is 88.1 Å². The van der Waals surface area contributed by atoms with Gasteiger partial charge in [-0.05, 0) is 105 Å². The zero-order valence-corrected chi connectivity index (χ0v) is 26.6. The molecule has 0 N–H and O–H groups in total. The van der Waals surface area contributed by atoms with Gasteiger partial charge in [-0.25, -0.2) is 8.96 Å². The number of phosphoric ester groups is 1. The minimum Gasteiger partial charge on any atom is -0.465 e. The fourth-order valence-corrected chi connectivity index (χ4v) is 5.82. The lowest BCUT2D eigenvalue weighted by Gasteiger charge is -2.16. The monoisotopic (exact) mass is 628 g/mol. The molecule has 0 aromatic heterocycles. The summed E-state index contributed by atoms with van der Waals surface area (Å²) in [4.78, 5) is 13.4. The number of carbonyl (C=O) groups is 1. The number of unbranched alkanes of at least 4 members (excludes halogenated alkanes) is 1. The van der Waals surface area contributed by atoms with Gasteiger partial charge in [-0.3, -0.25) is 22.6 Å². The number of fused-ring (bicyclic) bond motifs is 1. The summed E-state index contributed by atoms with van der Waals surface area (Å²) in [6, 6.07) is 12.0. The second kappa shape index (κ2) is 17.1. The van der Waals surface area contributed by atoms with Gasteiger partial charge in [0, 0.05) is 22.0 Å². The molecule has 0 aliphatic heterocycles. The molecule has 1 aliphatic carbocycles. The Labute approximate surface area is 245 Å². The molecule has 40 heavy (non-hydrogen) atoms. The van der Waals surface area contributed by atoms with E-state index in [4.69, 9.17) is 18.3 Å². The molecule has 2 aromatic rings. The molecule has 0 bridgehead atoms. The third kappa shape index (κ3) is 9.88. The van der Waals surface area contributed by atoms with Gasteiger partial charge in [0.1, 0.15) is 5.82 Å². The largest absolute Gasteiger partial charge is 0.474 e. The van der Waals surface area contributed by atoms with Crippen molar-refractivity contribution in [2.45, 2.75) is 44.9 Å². The van der Waals surface area contributed by atoms with E-state index in [1.807, 2.05) is 37.3 Å². The standard InChI is InChI=1S/C28H34FO7PS.HPS/c1-5-34-37(31,35-6-2)36-16-8-7-15-33-28(30)19-26-20(3)25(24-14-11-22(29)18-27(24)26)17-21-9-12-23(13-10-21)38(4)32;1-2/h9-14,17-18H,5-8,15-16,19H2,1-4H3;1H/b25-17-;. The van der Waals surface area contributed by atoms with Crippen molar-refractivity contribution in [2.75, 3.05) is 32.7 Å². The van der Waals surface area contributed by atoms with E-state index in [0.717, 1.165) is 32.7 Å². The number of esters is 1. The molecular formula is C28H35FO7P2S2. The lowest BCUT2D eigenvalue weighted by atomic mass is 10.0. The number of hydrogen-bond donors (Lipinski definition) is 0. The lowest BCUT2D eigenvalue weighted by Crippen LogP contribution is -2.08. The van der Waals surface area contributed by atoms with Crippen molar-refractivity contribution in [2.24, 2.45) is 0 Å². The van der Waals surface area contributed by atoms with E-state index in [0.29, 0.717) is 18.4 Å². The SMILES string of the molecule is CCOP(=O)(OCC)OCCCCOC(=O)CC1=C(C)/C(=C/c2ccc(S(C)=O)cc2)c2ccc(F)cc21.P=S. The van der Waals surface area contributed by atoms with E-state index in [1.54, 1.807) is 26.2 Å². The van der Waals surface area contributed by atoms with E-state index >= 15 is 0 Å². The first kappa shape index (κ1) is 34.3. The van der Waals surface area contributed by atoms with Crippen molar-refractivity contribution >= 4 is 61.6 Å². The van der Waals surface area contributed by atoms with Crippen molar-refractivity contribution < 1.29 is 36.3 Å². The van der Waals surface area contributed by atoms with Gasteiger partial charge in [0.15, 0.2) is 0 Å². The van der Waals surface area contributed by atoms with Crippen molar-refractivity contribution in [1.82, 2.24) is 0 Å². The van der Waals surface area contributed by atoms with Gasteiger partial charge in [0.25, 0.3) is 0 Å². The summed E-state index contributed by atoms with van der Waals surface area (Å²) in [5.74, 6) is -0.796. The first-order valence-electron chi connectivity index (χ1n) is 12.7. The van der Waals surface area contributed by atoms with E-state index in [1.165, 1.54) is 12.1 Å². The van der Waals surface area contributed by atoms with Crippen LogP contribution >= 0.6 is 15.8 Å². The highest BCUT2D eigenvalue weighted by Gasteiger charge is 2.27. The number of allylic oxidation sites excluding steroid dienone is 2. The molecule has 0 fully saturated rings. The zero-order chi connectivity index (χ0) is 29.7. The predicted octanol–water partition coefficient (Wildman–Crippen LogP) is 7.39. The maximum absolute atomic E-state index is 14.1. The number of phosphoric acid groups is 1. The van der Waals surface area contributed by atoms with Crippen LogP contribution in [0.15, 0.2) is 52.9 Å². The van der Waals surface area contributed by atoms with Crippen LogP contribution in [0.4, 0.5) is 4.39 Å². The summed E-state index contributed by atoms with van der Waals surface area (Å²) in [6.45, 7) is 6.06. The quantitative estimate of drug-likeness (QED) is 0.122. The molecule has 7 nitrogen and oxygen atoms in total. The molecule has 0 amide bonds. The maximum Gasteiger partial charge on any atom is 0.474 e. The van der Waals surface area contributed by atoms with Crippen LogP contribution in [0, 0.1) is 5.82 Å². The summed E-state index contributed by atoms with van der Waals surface area (Å²) < 4.78 is 58.9. The minimum atomic E-state index is -3.55. The Balaban J connectivity index is 0.00000274. The van der Waals surface area contributed by atoms with Crippen LogP contribution in [0.5, 0.6) is 0 Å². The molecular weight excluding hydrogens is 593 g/mol. The van der Waals surface area contributed by atoms with Crippen LogP contribution in [0.25, 0.3) is 17.2 Å². The fourth-order valence-electron chi connectivity index (χ4n) is 4.09. The fraction of sp³-hybridized carbons (Fsp3) is 0.393. The Kier molecular flexibility index (Phi) is 14.7. The maximum atomic E-state index is 14.1. The van der Waals surface area contributed by atoms with Crippen molar-refractivity contribution in [3.05, 3.63) is 70.5 Å². The highest BCUT2D eigenvalue weighted by atomic mass is 32.4. The van der Waals surface area contributed by atoms with E-state index in [9.17, 15) is 18.0 Å². The van der Waals surface area contributed by atoms with Gasteiger partial charge in [-0.2, -0.15) is 0 Å². The Morgan fingerprint density at radius 1 is 1.00 bits per heavy atom. The third-order valence-electron chi connectivity index (χ3n) is 5.92. The van der Waals surface area contributed by atoms with Crippen LogP contribution in [-0.2, 0) is 50.3 Å². The molecule has 0 saturated carbocycles. The normalized spacial score (nSPS) is 14.5. The molecule has 1 atom stereocenters. The Morgan fingerprint density at radius 2 is 1.62 bits per heavy atom. The lowest BCUT2D eigenvalue weighted by molar-refractivity contribution is -0.142. The van der Waals surface area contributed by atoms with Crippen LogP contribution in [0.1, 0.15) is 56.7 Å². The molecule has 1 aliphatic rings. The summed E-state index contributed by atoms with van der Waals surface area (Å²) in [6.07, 6.45) is 4.63. The molecule has 2 aromatic carbocycles. The zero-order valence-electron chi connectivity index (χ0n) is 23.1. The van der Waals surface area contributed by atoms with Crippen LogP contribution in [0.3, 0.4) is 0 Å². The number of ether oxygens (including phenoxy) is 1. The average Bonchev–Trinajstić information content (AvgIpc) is 3.17. The number of hydrogen-bond acceptors (Lipinski definition) is 8. The first-order chi connectivity index (χ1) is 19.2. The molecule has 1 unspecified atom stereocenters. The Morgan fingerprint density at radius 3 is 2.23 bits per heavy atom. The van der Waals surface area contributed by atoms with Crippen LogP contribution in [-0.4, -0.2) is 42.9 Å². The summed E-state index contributed by atoms with van der Waals surface area (Å²) >= 11 is 3.89. The smallest absolute Gasteiger partial charge is 0.465 e. The predicted molar refractivity (Wildman–Crippen MR) is 163 cm³/mol. The average molecular weight is 629 g/mol. The Bertz CT molecular complexity index is 1290. The van der Waals surface area contributed by atoms with Crippen molar-refractivity contribution in [3.63, 3.8) is 0 Å². The first-order valence-corrected chi connectivity index (χ1v) is 17.4. The summed E-state index contributed by atoms with van der Waals surface area (Å²) in [5.41, 5.74) is 4.93. The second-order valence-corrected chi connectivity index (χ2v) is 11.6. The molecule has 12 heteroatoms. The number of rotatable bonds is 14. The highest BCUT2D eigenvalue weighted by molar-refractivity contribution is 7.88. The van der Waals surface area contributed by atoms with Gasteiger partial charge in [0.2, 0.25) is 0 Å². The number of benzene rings is 2. The highest BCUT2D eigenvalue weighted by Crippen LogP contribution is 2.49. The van der Waals surface area contributed by atoms with Crippen LogP contribution < -0.4 is 0 Å². The minimum absolute atomic E-state index is 0.00770. The molecule has 0 radical (unpaired) electrons. The van der Waals surface area contributed by atoms with Crippen molar-refractivity contribution in [3.8, 4) is 0 Å². The summed E-state index contributed by atoms with van der Waals surface area (Å²) in [5, 5.41) is 0. The van der Waals surface area contributed by atoms with Gasteiger partial charge in [-0.1, -0.05) is 30.0 Å². The Hall–Kier alpha value is -1.90. The molecule has 0 heterocycles. The van der Waals surface area contributed by atoms with E-state index in [2.05, 4.69) is 19.8 Å². The van der Waals surface area contributed by atoms with E-state index < -0.39 is 24.6 Å². The van der Waals surface area contributed by atoms with Gasteiger partial charge in [0.05, 0.1) is 32.8 Å². The summed E-state index contributed by atoms with van der Waals surface area (Å²) in [7, 11) is -2.06.